The molecule has 0 saturated carbocycles. The van der Waals surface area contributed by atoms with Crippen molar-refractivity contribution in [1.29, 1.82) is 0 Å². The van der Waals surface area contributed by atoms with Gasteiger partial charge < -0.3 is 33.5 Å². The van der Waals surface area contributed by atoms with E-state index in [0.29, 0.717) is 36.4 Å². The maximum Gasteiger partial charge on any atom is 0.104 e. The minimum atomic E-state index is -0.226. The molecule has 5 fully saturated rings. The molecule has 0 spiro atoms. The van der Waals surface area contributed by atoms with Crippen molar-refractivity contribution >= 4 is 0 Å². The van der Waals surface area contributed by atoms with E-state index in [4.69, 9.17) is 28.4 Å². The topological polar surface area (TPSA) is 92.1 Å². The Labute approximate surface area is 148 Å². The highest BCUT2D eigenvalue weighted by Gasteiger charge is 2.35. The molecule has 0 bridgehead atoms. The first-order valence-electron chi connectivity index (χ1n) is 9.60. The SMILES string of the molecule is C(OCC1CO1)C1CO1.OC(CC1CO1)C(CCC1CO1)CC1CO1. The first-order valence-corrected chi connectivity index (χ1v) is 9.60. The zero-order valence-electron chi connectivity index (χ0n) is 14.7. The van der Waals surface area contributed by atoms with Gasteiger partial charge in [-0.2, -0.15) is 0 Å². The molecule has 0 aromatic rings. The normalized spacial score (nSPS) is 39.0. The summed E-state index contributed by atoms with van der Waals surface area (Å²) in [6.07, 6.45) is 5.67. The summed E-state index contributed by atoms with van der Waals surface area (Å²) in [4.78, 5) is 0. The molecule has 1 N–H and O–H groups in total. The van der Waals surface area contributed by atoms with Gasteiger partial charge in [0.15, 0.2) is 0 Å². The zero-order chi connectivity index (χ0) is 17.1. The molecule has 7 atom stereocenters. The number of epoxide rings is 5. The number of hydrogen-bond donors (Lipinski definition) is 1. The minimum Gasteiger partial charge on any atom is -0.393 e. The molecule has 5 aliphatic heterocycles. The highest BCUT2D eigenvalue weighted by molar-refractivity contribution is 4.84. The molecular formula is C18H30O7. The van der Waals surface area contributed by atoms with Gasteiger partial charge in [0.25, 0.3) is 0 Å². The molecule has 7 heteroatoms. The number of aliphatic hydroxyl groups excluding tert-OH is 1. The molecule has 0 aliphatic carbocycles. The Balaban J connectivity index is 0.000000147. The molecule has 144 valence electrons. The van der Waals surface area contributed by atoms with Crippen molar-refractivity contribution in [1.82, 2.24) is 0 Å². The lowest BCUT2D eigenvalue weighted by atomic mass is 9.89. The summed E-state index contributed by atoms with van der Waals surface area (Å²) in [5.41, 5.74) is 0. The first kappa shape index (κ1) is 18.1. The molecular weight excluding hydrogens is 328 g/mol. The van der Waals surface area contributed by atoms with Gasteiger partial charge in [-0.15, -0.1) is 0 Å². The Morgan fingerprint density at radius 2 is 1.20 bits per heavy atom. The van der Waals surface area contributed by atoms with Crippen molar-refractivity contribution in [3.05, 3.63) is 0 Å². The van der Waals surface area contributed by atoms with Gasteiger partial charge in [0.1, 0.15) is 12.2 Å². The van der Waals surface area contributed by atoms with Crippen LogP contribution in [-0.4, -0.2) is 88.0 Å². The minimum absolute atomic E-state index is 0.226. The van der Waals surface area contributed by atoms with Crippen molar-refractivity contribution in [3.8, 4) is 0 Å². The van der Waals surface area contributed by atoms with Crippen LogP contribution in [0, 0.1) is 5.92 Å². The number of ether oxygens (including phenoxy) is 6. The summed E-state index contributed by atoms with van der Waals surface area (Å²) in [6.45, 7) is 5.88. The van der Waals surface area contributed by atoms with Gasteiger partial charge in [0.2, 0.25) is 0 Å². The molecule has 7 nitrogen and oxygen atoms in total. The Morgan fingerprint density at radius 3 is 1.68 bits per heavy atom. The van der Waals surface area contributed by atoms with Crippen LogP contribution in [0.3, 0.4) is 0 Å². The van der Waals surface area contributed by atoms with Crippen molar-refractivity contribution in [2.24, 2.45) is 5.92 Å². The lowest BCUT2D eigenvalue weighted by Gasteiger charge is -2.21. The van der Waals surface area contributed by atoms with E-state index in [-0.39, 0.29) is 6.10 Å². The second-order valence-corrected chi connectivity index (χ2v) is 7.69. The maximum absolute atomic E-state index is 10.2. The molecule has 25 heavy (non-hydrogen) atoms. The van der Waals surface area contributed by atoms with Gasteiger partial charge in [0.05, 0.1) is 70.7 Å². The summed E-state index contributed by atoms with van der Waals surface area (Å²) >= 11 is 0. The average Bonchev–Trinajstić information content (AvgIpc) is 3.40. The van der Waals surface area contributed by atoms with Gasteiger partial charge in [-0.05, 0) is 25.2 Å². The summed E-state index contributed by atoms with van der Waals surface area (Å²) in [6, 6.07) is 0. The van der Waals surface area contributed by atoms with E-state index < -0.39 is 0 Å². The second-order valence-electron chi connectivity index (χ2n) is 7.69. The van der Waals surface area contributed by atoms with E-state index in [0.717, 1.165) is 71.9 Å². The average molecular weight is 358 g/mol. The predicted octanol–water partition coefficient (Wildman–Crippen LogP) is 0.521. The summed E-state index contributed by atoms with van der Waals surface area (Å²) in [5, 5.41) is 10.2. The molecule has 5 saturated heterocycles. The fraction of sp³-hybridized carbons (Fsp3) is 1.00. The van der Waals surface area contributed by atoms with E-state index in [1.54, 1.807) is 0 Å². The van der Waals surface area contributed by atoms with Crippen molar-refractivity contribution < 1.29 is 33.5 Å². The second kappa shape index (κ2) is 8.61. The van der Waals surface area contributed by atoms with E-state index >= 15 is 0 Å². The van der Waals surface area contributed by atoms with Gasteiger partial charge in [-0.3, -0.25) is 0 Å². The molecule has 0 aromatic carbocycles. The third-order valence-electron chi connectivity index (χ3n) is 5.09. The van der Waals surface area contributed by atoms with Crippen LogP contribution in [0.1, 0.15) is 25.7 Å². The summed E-state index contributed by atoms with van der Waals surface area (Å²) in [5.74, 6) is 0.362. The highest BCUT2D eigenvalue weighted by Crippen LogP contribution is 2.31. The molecule has 0 radical (unpaired) electrons. The predicted molar refractivity (Wildman–Crippen MR) is 87.5 cm³/mol. The van der Waals surface area contributed by atoms with Gasteiger partial charge in [0, 0.05) is 6.42 Å². The fourth-order valence-corrected chi connectivity index (χ4v) is 2.97. The smallest absolute Gasteiger partial charge is 0.104 e. The molecule has 5 heterocycles. The van der Waals surface area contributed by atoms with Gasteiger partial charge in [-0.25, -0.2) is 0 Å². The van der Waals surface area contributed by atoms with Crippen LogP contribution in [0.2, 0.25) is 0 Å². The number of rotatable bonds is 12. The third kappa shape index (κ3) is 7.86. The Morgan fingerprint density at radius 1 is 0.720 bits per heavy atom. The van der Waals surface area contributed by atoms with Crippen molar-refractivity contribution in [2.75, 3.05) is 46.2 Å². The summed E-state index contributed by atoms with van der Waals surface area (Å²) in [7, 11) is 0. The van der Waals surface area contributed by atoms with E-state index in [2.05, 4.69) is 0 Å². The maximum atomic E-state index is 10.2. The van der Waals surface area contributed by atoms with Crippen LogP contribution in [0.5, 0.6) is 0 Å². The number of aliphatic hydroxyl groups is 1. The Hall–Kier alpha value is -0.280. The van der Waals surface area contributed by atoms with Crippen LogP contribution < -0.4 is 0 Å². The monoisotopic (exact) mass is 358 g/mol. The Kier molecular flexibility index (Phi) is 6.23. The van der Waals surface area contributed by atoms with Crippen LogP contribution in [0.15, 0.2) is 0 Å². The van der Waals surface area contributed by atoms with Crippen LogP contribution in [0.25, 0.3) is 0 Å². The van der Waals surface area contributed by atoms with Crippen molar-refractivity contribution in [2.45, 2.75) is 62.3 Å². The van der Waals surface area contributed by atoms with Gasteiger partial charge in [-0.1, -0.05) is 0 Å². The quantitative estimate of drug-likeness (QED) is 0.509. The van der Waals surface area contributed by atoms with E-state index in [9.17, 15) is 5.11 Å². The van der Waals surface area contributed by atoms with Crippen LogP contribution >= 0.6 is 0 Å². The molecule has 5 aliphatic rings. The van der Waals surface area contributed by atoms with E-state index in [1.807, 2.05) is 0 Å². The lowest BCUT2D eigenvalue weighted by molar-refractivity contribution is 0.0741. The van der Waals surface area contributed by atoms with Crippen LogP contribution in [-0.2, 0) is 28.4 Å². The van der Waals surface area contributed by atoms with E-state index in [1.165, 1.54) is 0 Å². The largest absolute Gasteiger partial charge is 0.393 e. The lowest BCUT2D eigenvalue weighted by Crippen LogP contribution is -2.24. The van der Waals surface area contributed by atoms with Crippen molar-refractivity contribution in [3.63, 3.8) is 0 Å². The highest BCUT2D eigenvalue weighted by atomic mass is 16.6. The first-order chi connectivity index (χ1) is 12.3. The fourth-order valence-electron chi connectivity index (χ4n) is 2.97. The van der Waals surface area contributed by atoms with Gasteiger partial charge >= 0.3 is 0 Å². The zero-order valence-corrected chi connectivity index (χ0v) is 14.7. The molecule has 0 amide bonds. The standard InChI is InChI=1S/C12H20O4.C6H10O3/c13-12(4-11-7-16-11)8(3-10-6-15-10)1-2-9-5-14-9;1(5-3-8-5)7-2-6-4-9-6/h8-13H,1-7H2;5-6H,1-4H2. The number of hydrogen-bond acceptors (Lipinski definition) is 7. The molecule has 5 rings (SSSR count). The molecule has 0 aromatic heterocycles. The van der Waals surface area contributed by atoms with Crippen LogP contribution in [0.4, 0.5) is 0 Å². The Bertz CT molecular complexity index is 388. The molecule has 7 unspecified atom stereocenters. The third-order valence-corrected chi connectivity index (χ3v) is 5.09. The summed E-state index contributed by atoms with van der Waals surface area (Å²) < 4.78 is 30.8.